The Morgan fingerprint density at radius 2 is 1.88 bits per heavy atom. The van der Waals surface area contributed by atoms with Crippen LogP contribution in [0.5, 0.6) is 0 Å². The molecule has 1 amide bonds. The fourth-order valence-electron chi connectivity index (χ4n) is 2.49. The van der Waals surface area contributed by atoms with Gasteiger partial charge in [-0.2, -0.15) is 0 Å². The average Bonchev–Trinajstić information content (AvgIpc) is 2.89. The lowest BCUT2D eigenvalue weighted by Crippen LogP contribution is -2.31. The van der Waals surface area contributed by atoms with Gasteiger partial charge in [-0.3, -0.25) is 9.59 Å². The van der Waals surface area contributed by atoms with Crippen molar-refractivity contribution in [2.75, 3.05) is 13.3 Å². The number of hydrogen-bond donors (Lipinski definition) is 0. The summed E-state index contributed by atoms with van der Waals surface area (Å²) in [5.41, 5.74) is 1.71. The van der Waals surface area contributed by atoms with Gasteiger partial charge in [-0.05, 0) is 31.5 Å². The van der Waals surface area contributed by atoms with E-state index in [4.69, 9.17) is 0 Å². The number of aryl methyl sites for hydroxylation is 1. The highest BCUT2D eigenvalue weighted by Crippen LogP contribution is 2.21. The van der Waals surface area contributed by atoms with Crippen molar-refractivity contribution in [2.45, 2.75) is 37.8 Å². The summed E-state index contributed by atoms with van der Waals surface area (Å²) in [6, 6.07) is 6.35. The second-order valence-electron chi connectivity index (χ2n) is 6.07. The minimum atomic E-state index is -3.24. The Balaban J connectivity index is 2.04. The predicted octanol–water partition coefficient (Wildman–Crippen LogP) is 2.23. The smallest absolute Gasteiger partial charge is 0.307 e. The minimum absolute atomic E-state index is 0.0580. The Hall–Kier alpha value is -1.93. The van der Waals surface area contributed by atoms with Gasteiger partial charge in [0.1, 0.15) is 0 Å². The first kappa shape index (κ1) is 19.4. The van der Waals surface area contributed by atoms with Crippen LogP contribution < -0.4 is 4.87 Å². The molecule has 6 nitrogen and oxygen atoms in total. The molecule has 0 aliphatic carbocycles. The van der Waals surface area contributed by atoms with Crippen LogP contribution in [-0.2, 0) is 21.2 Å². The van der Waals surface area contributed by atoms with E-state index in [1.165, 1.54) is 0 Å². The number of amides is 1. The van der Waals surface area contributed by atoms with Crippen molar-refractivity contribution in [1.82, 2.24) is 9.47 Å². The number of hydrogen-bond acceptors (Lipinski definition) is 5. The molecular formula is C17H22N2O4S2. The number of sulfone groups is 1. The first-order chi connectivity index (χ1) is 11.6. The van der Waals surface area contributed by atoms with Crippen LogP contribution >= 0.6 is 11.3 Å². The molecule has 0 saturated carbocycles. The Morgan fingerprint density at radius 1 is 1.28 bits per heavy atom. The van der Waals surface area contributed by atoms with Gasteiger partial charge in [0, 0.05) is 37.3 Å². The first-order valence-corrected chi connectivity index (χ1v) is 10.6. The molecule has 0 bridgehead atoms. The highest BCUT2D eigenvalue weighted by Gasteiger charge is 2.18. The Labute approximate surface area is 151 Å². The van der Waals surface area contributed by atoms with Crippen LogP contribution in [0.4, 0.5) is 0 Å². The van der Waals surface area contributed by atoms with Crippen molar-refractivity contribution in [2.24, 2.45) is 0 Å². The average molecular weight is 383 g/mol. The number of rotatable bonds is 6. The molecule has 2 aromatic rings. The zero-order valence-electron chi connectivity index (χ0n) is 14.7. The largest absolute Gasteiger partial charge is 0.339 e. The molecule has 2 rings (SSSR count). The molecule has 1 aromatic carbocycles. The van der Waals surface area contributed by atoms with Gasteiger partial charge >= 0.3 is 4.87 Å². The molecule has 1 heterocycles. The number of thiazole rings is 1. The molecule has 0 radical (unpaired) electrons. The molecule has 0 aliphatic rings. The summed E-state index contributed by atoms with van der Waals surface area (Å²) in [4.78, 5) is 25.9. The third kappa shape index (κ3) is 4.58. The van der Waals surface area contributed by atoms with Crippen LogP contribution in [0, 0.1) is 6.92 Å². The summed E-state index contributed by atoms with van der Waals surface area (Å²) in [6.07, 6.45) is 1.40. The van der Waals surface area contributed by atoms with Crippen molar-refractivity contribution in [3.63, 3.8) is 0 Å². The maximum Gasteiger partial charge on any atom is 0.307 e. The van der Waals surface area contributed by atoms with Gasteiger partial charge in [-0.1, -0.05) is 23.5 Å². The summed E-state index contributed by atoms with van der Waals surface area (Å²) >= 11 is 1.13. The lowest BCUT2D eigenvalue weighted by atomic mass is 10.1. The second kappa shape index (κ2) is 7.53. The summed E-state index contributed by atoms with van der Waals surface area (Å²) in [7, 11) is -1.53. The number of carbonyl (C=O) groups excluding carboxylic acids is 1. The lowest BCUT2D eigenvalue weighted by molar-refractivity contribution is -0.132. The molecule has 1 atom stereocenters. The van der Waals surface area contributed by atoms with Crippen LogP contribution in [0.3, 0.4) is 0 Å². The highest BCUT2D eigenvalue weighted by atomic mass is 32.2. The Kier molecular flexibility index (Phi) is 5.84. The molecule has 0 spiro atoms. The van der Waals surface area contributed by atoms with E-state index < -0.39 is 9.84 Å². The van der Waals surface area contributed by atoms with Crippen LogP contribution in [-0.4, -0.2) is 37.1 Å². The Morgan fingerprint density at radius 3 is 2.36 bits per heavy atom. The second-order valence-corrected chi connectivity index (χ2v) is 8.90. The zero-order chi connectivity index (χ0) is 18.8. The first-order valence-electron chi connectivity index (χ1n) is 7.82. The number of nitrogens with zero attached hydrogens (tertiary/aromatic N) is 2. The molecule has 25 heavy (non-hydrogen) atoms. The van der Waals surface area contributed by atoms with Gasteiger partial charge in [-0.15, -0.1) is 0 Å². The number of carbonyl (C=O) groups is 1. The van der Waals surface area contributed by atoms with Crippen LogP contribution in [0.1, 0.15) is 30.6 Å². The monoisotopic (exact) mass is 382 g/mol. The third-order valence-electron chi connectivity index (χ3n) is 4.29. The van der Waals surface area contributed by atoms with Crippen molar-refractivity contribution >= 4 is 27.1 Å². The van der Waals surface area contributed by atoms with Gasteiger partial charge < -0.3 is 9.47 Å². The molecule has 8 heteroatoms. The minimum Gasteiger partial charge on any atom is -0.339 e. The van der Waals surface area contributed by atoms with Crippen molar-refractivity contribution in [1.29, 1.82) is 0 Å². The van der Waals surface area contributed by atoms with Crippen LogP contribution in [0.25, 0.3) is 0 Å². The zero-order valence-corrected chi connectivity index (χ0v) is 16.4. The molecule has 0 aliphatic heterocycles. The van der Waals surface area contributed by atoms with E-state index in [9.17, 15) is 18.0 Å². The van der Waals surface area contributed by atoms with Gasteiger partial charge in [0.2, 0.25) is 5.91 Å². The van der Waals surface area contributed by atoms with E-state index in [0.29, 0.717) is 6.54 Å². The number of benzene rings is 1. The quantitative estimate of drug-likeness (QED) is 0.768. The van der Waals surface area contributed by atoms with Crippen LogP contribution in [0.2, 0.25) is 0 Å². The van der Waals surface area contributed by atoms with E-state index in [-0.39, 0.29) is 28.1 Å². The van der Waals surface area contributed by atoms with Crippen molar-refractivity contribution in [3.8, 4) is 0 Å². The standard InChI is InChI=1S/C17H22N2O4S2/c1-12-11-24-17(21)19(12)10-9-16(20)18(3)13(2)14-5-7-15(8-6-14)25(4,22)23/h5-8,11,13H,9-10H2,1-4H3. The molecule has 1 aromatic heterocycles. The van der Waals surface area contributed by atoms with E-state index in [0.717, 1.165) is 28.8 Å². The predicted molar refractivity (Wildman–Crippen MR) is 98.7 cm³/mol. The molecule has 1 unspecified atom stereocenters. The summed E-state index contributed by atoms with van der Waals surface area (Å²) in [5, 5.41) is 1.78. The third-order valence-corrected chi connectivity index (χ3v) is 6.30. The van der Waals surface area contributed by atoms with Gasteiger partial charge in [0.15, 0.2) is 9.84 Å². The van der Waals surface area contributed by atoms with Crippen LogP contribution in [0.15, 0.2) is 39.3 Å². The topological polar surface area (TPSA) is 76.5 Å². The van der Waals surface area contributed by atoms with Crippen molar-refractivity contribution < 1.29 is 13.2 Å². The molecule has 0 N–H and O–H groups in total. The number of aromatic nitrogens is 1. The van der Waals surface area contributed by atoms with E-state index in [1.54, 1.807) is 46.2 Å². The maximum atomic E-state index is 12.4. The maximum absolute atomic E-state index is 12.4. The van der Waals surface area contributed by atoms with E-state index in [1.807, 2.05) is 13.8 Å². The molecule has 0 fully saturated rings. The van der Waals surface area contributed by atoms with Gasteiger partial charge in [0.25, 0.3) is 0 Å². The van der Waals surface area contributed by atoms with Gasteiger partial charge in [0.05, 0.1) is 10.9 Å². The summed E-state index contributed by atoms with van der Waals surface area (Å²) in [6.45, 7) is 4.09. The normalized spacial score (nSPS) is 12.8. The molecular weight excluding hydrogens is 360 g/mol. The molecule has 0 saturated heterocycles. The van der Waals surface area contributed by atoms with Gasteiger partial charge in [-0.25, -0.2) is 8.42 Å². The van der Waals surface area contributed by atoms with Crippen molar-refractivity contribution in [3.05, 3.63) is 50.6 Å². The Bertz CT molecular complexity index is 911. The lowest BCUT2D eigenvalue weighted by Gasteiger charge is -2.25. The fraction of sp³-hybridized carbons (Fsp3) is 0.412. The molecule has 136 valence electrons. The summed E-state index contributed by atoms with van der Waals surface area (Å²) in [5.74, 6) is -0.0720. The fourth-order valence-corrected chi connectivity index (χ4v) is 3.88. The van der Waals surface area contributed by atoms with E-state index >= 15 is 0 Å². The SMILES string of the molecule is Cc1csc(=O)n1CCC(=O)N(C)C(C)c1ccc(S(C)(=O)=O)cc1. The van der Waals surface area contributed by atoms with E-state index in [2.05, 4.69) is 0 Å². The highest BCUT2D eigenvalue weighted by molar-refractivity contribution is 7.90. The summed E-state index contributed by atoms with van der Waals surface area (Å²) < 4.78 is 24.6.